The van der Waals surface area contributed by atoms with E-state index in [2.05, 4.69) is 9.98 Å². The lowest BCUT2D eigenvalue weighted by atomic mass is 10.1. The third-order valence-electron chi connectivity index (χ3n) is 4.42. The van der Waals surface area contributed by atoms with Crippen molar-refractivity contribution in [3.63, 3.8) is 0 Å². The Bertz CT molecular complexity index is 1160. The quantitative estimate of drug-likeness (QED) is 0.430. The number of benzene rings is 2. The first-order chi connectivity index (χ1) is 14.1. The number of hydrogen-bond donors (Lipinski definition) is 0. The van der Waals surface area contributed by atoms with Crippen molar-refractivity contribution < 1.29 is 13.2 Å². The van der Waals surface area contributed by atoms with Crippen LogP contribution >= 0.6 is 11.3 Å². The molecular weight excluding hydrogens is 397 g/mol. The molecule has 0 radical (unpaired) electrons. The summed E-state index contributed by atoms with van der Waals surface area (Å²) in [6.07, 6.45) is 6.15. The molecule has 0 saturated heterocycles. The standard InChI is InChI=1S/C21H17F3N4S/c22-16-4-2-15(3-5-16)20-13-29-21(26-19-7-6-17(23)12-18(19)24)28(20)10-1-9-27-11-8-25-14-27/h2-8,11-14H,1,9-10H2. The summed E-state index contributed by atoms with van der Waals surface area (Å²) in [7, 11) is 0. The van der Waals surface area contributed by atoms with Crippen molar-refractivity contribution in [3.8, 4) is 11.3 Å². The molecule has 8 heteroatoms. The summed E-state index contributed by atoms with van der Waals surface area (Å²) in [6.45, 7) is 1.38. The van der Waals surface area contributed by atoms with Gasteiger partial charge in [0.05, 0.1) is 12.0 Å². The van der Waals surface area contributed by atoms with Gasteiger partial charge in [0.15, 0.2) is 10.6 Å². The van der Waals surface area contributed by atoms with Gasteiger partial charge in [-0.05, 0) is 48.4 Å². The molecule has 148 valence electrons. The number of nitrogens with zero attached hydrogens (tertiary/aromatic N) is 4. The van der Waals surface area contributed by atoms with E-state index < -0.39 is 11.6 Å². The summed E-state index contributed by atoms with van der Waals surface area (Å²) < 4.78 is 44.6. The Labute approximate surface area is 169 Å². The van der Waals surface area contributed by atoms with E-state index in [1.807, 2.05) is 20.7 Å². The van der Waals surface area contributed by atoms with Gasteiger partial charge in [-0.15, -0.1) is 11.3 Å². The van der Waals surface area contributed by atoms with Gasteiger partial charge in [-0.1, -0.05) is 0 Å². The maximum absolute atomic E-state index is 14.1. The third kappa shape index (κ3) is 4.48. The van der Waals surface area contributed by atoms with Crippen LogP contribution < -0.4 is 4.80 Å². The summed E-state index contributed by atoms with van der Waals surface area (Å²) >= 11 is 1.35. The summed E-state index contributed by atoms with van der Waals surface area (Å²) in [4.78, 5) is 9.02. The van der Waals surface area contributed by atoms with Crippen LogP contribution in [-0.4, -0.2) is 14.1 Å². The zero-order valence-electron chi connectivity index (χ0n) is 15.3. The van der Waals surface area contributed by atoms with Crippen molar-refractivity contribution in [2.24, 2.45) is 4.99 Å². The summed E-state index contributed by atoms with van der Waals surface area (Å²) in [5, 5.41) is 1.91. The Hall–Kier alpha value is -3.13. The third-order valence-corrected chi connectivity index (χ3v) is 5.28. The zero-order valence-corrected chi connectivity index (χ0v) is 16.1. The van der Waals surface area contributed by atoms with Gasteiger partial charge in [-0.2, -0.15) is 0 Å². The number of thiazole rings is 1. The van der Waals surface area contributed by atoms with Gasteiger partial charge in [0.25, 0.3) is 0 Å². The predicted octanol–water partition coefficient (Wildman–Crippen LogP) is 5.15. The first-order valence-electron chi connectivity index (χ1n) is 9.00. The Kier molecular flexibility index (Phi) is 5.62. The van der Waals surface area contributed by atoms with Crippen molar-refractivity contribution in [1.82, 2.24) is 14.1 Å². The normalized spacial score (nSPS) is 11.9. The molecule has 4 nitrogen and oxygen atoms in total. The Morgan fingerprint density at radius 2 is 1.76 bits per heavy atom. The lowest BCUT2D eigenvalue weighted by Gasteiger charge is -2.10. The molecule has 0 unspecified atom stereocenters. The average Bonchev–Trinajstić information content (AvgIpc) is 3.35. The zero-order chi connectivity index (χ0) is 20.2. The predicted molar refractivity (Wildman–Crippen MR) is 106 cm³/mol. The number of rotatable bonds is 6. The minimum Gasteiger partial charge on any atom is -0.337 e. The van der Waals surface area contributed by atoms with Crippen molar-refractivity contribution in [1.29, 1.82) is 0 Å². The summed E-state index contributed by atoms with van der Waals surface area (Å²) in [5.41, 5.74) is 1.77. The number of hydrogen-bond acceptors (Lipinski definition) is 3. The first-order valence-corrected chi connectivity index (χ1v) is 9.88. The van der Waals surface area contributed by atoms with Crippen LogP contribution in [0.2, 0.25) is 0 Å². The van der Waals surface area contributed by atoms with Gasteiger partial charge in [0, 0.05) is 36.9 Å². The lowest BCUT2D eigenvalue weighted by molar-refractivity contribution is 0.557. The van der Waals surface area contributed by atoms with Crippen LogP contribution in [0.3, 0.4) is 0 Å². The highest BCUT2D eigenvalue weighted by molar-refractivity contribution is 7.07. The van der Waals surface area contributed by atoms with Crippen LogP contribution in [0, 0.1) is 17.5 Å². The fourth-order valence-corrected chi connectivity index (χ4v) is 3.94. The number of imidazole rings is 1. The van der Waals surface area contributed by atoms with Gasteiger partial charge in [-0.25, -0.2) is 23.1 Å². The maximum atomic E-state index is 14.1. The van der Waals surface area contributed by atoms with Crippen LogP contribution in [0.1, 0.15) is 6.42 Å². The Morgan fingerprint density at radius 1 is 0.966 bits per heavy atom. The number of aromatic nitrogens is 3. The molecule has 0 amide bonds. The SMILES string of the molecule is Fc1ccc(-c2csc(=Nc3ccc(F)cc3F)n2CCCn2ccnc2)cc1. The van der Waals surface area contributed by atoms with E-state index >= 15 is 0 Å². The molecule has 2 aromatic heterocycles. The van der Waals surface area contributed by atoms with Crippen LogP contribution in [0.25, 0.3) is 11.3 Å². The minimum atomic E-state index is -0.716. The van der Waals surface area contributed by atoms with Crippen molar-refractivity contribution in [2.45, 2.75) is 19.5 Å². The van der Waals surface area contributed by atoms with Crippen LogP contribution in [0.15, 0.2) is 71.6 Å². The molecular formula is C21H17F3N4S. The van der Waals surface area contributed by atoms with Crippen molar-refractivity contribution in [2.75, 3.05) is 0 Å². The number of halogens is 3. The topological polar surface area (TPSA) is 35.1 Å². The molecule has 4 aromatic rings. The van der Waals surface area contributed by atoms with Crippen LogP contribution in [-0.2, 0) is 13.1 Å². The van der Waals surface area contributed by atoms with E-state index in [1.54, 1.807) is 24.7 Å². The Balaban J connectivity index is 1.71. The molecule has 0 aliphatic rings. The van der Waals surface area contributed by atoms with E-state index in [1.165, 1.54) is 35.6 Å². The van der Waals surface area contributed by atoms with Gasteiger partial charge in [-0.3, -0.25) is 0 Å². The highest BCUT2D eigenvalue weighted by Gasteiger charge is 2.10. The van der Waals surface area contributed by atoms with E-state index in [-0.39, 0.29) is 11.5 Å². The van der Waals surface area contributed by atoms with E-state index in [0.717, 1.165) is 30.3 Å². The number of aryl methyl sites for hydroxylation is 1. The molecule has 4 rings (SSSR count). The van der Waals surface area contributed by atoms with Gasteiger partial charge in [0.1, 0.15) is 17.3 Å². The second-order valence-corrected chi connectivity index (χ2v) is 7.26. The van der Waals surface area contributed by atoms with Gasteiger partial charge in [0.2, 0.25) is 0 Å². The first kappa shape index (κ1) is 19.2. The monoisotopic (exact) mass is 414 g/mol. The van der Waals surface area contributed by atoms with Crippen LogP contribution in [0.4, 0.5) is 18.9 Å². The van der Waals surface area contributed by atoms with E-state index in [4.69, 9.17) is 0 Å². The highest BCUT2D eigenvalue weighted by atomic mass is 32.1. The fourth-order valence-electron chi connectivity index (χ4n) is 2.99. The molecule has 0 atom stereocenters. The average molecular weight is 414 g/mol. The Morgan fingerprint density at radius 3 is 2.48 bits per heavy atom. The second kappa shape index (κ2) is 8.48. The molecule has 0 bridgehead atoms. The van der Waals surface area contributed by atoms with Crippen molar-refractivity contribution in [3.05, 3.63) is 88.8 Å². The maximum Gasteiger partial charge on any atom is 0.190 e. The molecule has 0 spiro atoms. The highest BCUT2D eigenvalue weighted by Crippen LogP contribution is 2.23. The summed E-state index contributed by atoms with van der Waals surface area (Å²) in [6, 6.07) is 9.52. The molecule has 0 fully saturated rings. The smallest absolute Gasteiger partial charge is 0.190 e. The fraction of sp³-hybridized carbons (Fsp3) is 0.143. The molecule has 2 heterocycles. The molecule has 2 aromatic carbocycles. The molecule has 0 aliphatic heterocycles. The summed E-state index contributed by atoms with van der Waals surface area (Å²) in [5.74, 6) is -1.67. The molecule has 29 heavy (non-hydrogen) atoms. The lowest BCUT2D eigenvalue weighted by Crippen LogP contribution is -2.17. The molecule has 0 N–H and O–H groups in total. The van der Waals surface area contributed by atoms with Gasteiger partial charge < -0.3 is 9.13 Å². The van der Waals surface area contributed by atoms with Crippen LogP contribution in [0.5, 0.6) is 0 Å². The van der Waals surface area contributed by atoms with E-state index in [9.17, 15) is 13.2 Å². The van der Waals surface area contributed by atoms with Crippen molar-refractivity contribution >= 4 is 17.0 Å². The second-order valence-electron chi connectivity index (χ2n) is 6.42. The molecule has 0 saturated carbocycles. The minimum absolute atomic E-state index is 0.0715. The largest absolute Gasteiger partial charge is 0.337 e. The molecule has 0 aliphatic carbocycles. The van der Waals surface area contributed by atoms with E-state index in [0.29, 0.717) is 11.3 Å². The van der Waals surface area contributed by atoms with Gasteiger partial charge >= 0.3 is 0 Å².